The standard InChI is InChI=1S/C27H26N2O6S/c28-36(31,32)23-11-9-20(10-12-23)26-25(19-5-2-1-3-6-19)29-24(35-26)18-34-22-8-4-7-21(17-22)27(30)13-15-33-16-14-27/h1-12,17,30H,13-16,18H2,(H2,28,31,32). The molecule has 8 nitrogen and oxygen atoms in total. The first-order valence-corrected chi connectivity index (χ1v) is 13.1. The summed E-state index contributed by atoms with van der Waals surface area (Å²) in [5.41, 5.74) is 1.97. The molecule has 2 heterocycles. The Bertz CT molecular complexity index is 1440. The number of sulfonamides is 1. The van der Waals surface area contributed by atoms with Crippen LogP contribution in [-0.2, 0) is 27.0 Å². The fourth-order valence-electron chi connectivity index (χ4n) is 4.23. The molecule has 3 aromatic carbocycles. The lowest BCUT2D eigenvalue weighted by Gasteiger charge is -2.32. The van der Waals surface area contributed by atoms with Crippen molar-refractivity contribution < 1.29 is 27.4 Å². The summed E-state index contributed by atoms with van der Waals surface area (Å²) in [7, 11) is -3.81. The smallest absolute Gasteiger partial charge is 0.238 e. The van der Waals surface area contributed by atoms with E-state index in [1.165, 1.54) is 12.1 Å². The van der Waals surface area contributed by atoms with E-state index in [9.17, 15) is 13.5 Å². The zero-order valence-electron chi connectivity index (χ0n) is 19.5. The van der Waals surface area contributed by atoms with Gasteiger partial charge in [-0.25, -0.2) is 18.5 Å². The normalized spacial score (nSPS) is 15.5. The number of ether oxygens (including phenoxy) is 2. The first-order chi connectivity index (χ1) is 17.3. The van der Waals surface area contributed by atoms with Crippen LogP contribution in [0.15, 0.2) is 88.2 Å². The van der Waals surface area contributed by atoms with Gasteiger partial charge in [-0.3, -0.25) is 0 Å². The van der Waals surface area contributed by atoms with E-state index in [1.807, 2.05) is 54.6 Å². The Morgan fingerprint density at radius 2 is 1.67 bits per heavy atom. The van der Waals surface area contributed by atoms with Crippen LogP contribution in [0.5, 0.6) is 5.75 Å². The summed E-state index contributed by atoms with van der Waals surface area (Å²) >= 11 is 0. The molecule has 0 bridgehead atoms. The Labute approximate surface area is 209 Å². The van der Waals surface area contributed by atoms with Crippen molar-refractivity contribution in [2.75, 3.05) is 13.2 Å². The van der Waals surface area contributed by atoms with E-state index in [4.69, 9.17) is 19.0 Å². The summed E-state index contributed by atoms with van der Waals surface area (Å²) in [6.45, 7) is 1.10. The van der Waals surface area contributed by atoms with Crippen molar-refractivity contribution in [1.29, 1.82) is 0 Å². The van der Waals surface area contributed by atoms with Gasteiger partial charge < -0.3 is 19.0 Å². The summed E-state index contributed by atoms with van der Waals surface area (Å²) in [5.74, 6) is 1.44. The van der Waals surface area contributed by atoms with Crippen LogP contribution < -0.4 is 9.88 Å². The van der Waals surface area contributed by atoms with Gasteiger partial charge in [0.05, 0.1) is 10.5 Å². The van der Waals surface area contributed by atoms with Crippen LogP contribution in [0.4, 0.5) is 0 Å². The second-order valence-corrected chi connectivity index (χ2v) is 10.2. The molecule has 1 aliphatic heterocycles. The van der Waals surface area contributed by atoms with Crippen LogP contribution in [0.1, 0.15) is 24.3 Å². The molecule has 1 saturated heterocycles. The van der Waals surface area contributed by atoms with Gasteiger partial charge >= 0.3 is 0 Å². The topological polar surface area (TPSA) is 125 Å². The number of benzene rings is 3. The molecule has 5 rings (SSSR count). The molecule has 4 aromatic rings. The number of rotatable bonds is 7. The molecular formula is C27H26N2O6S. The molecule has 36 heavy (non-hydrogen) atoms. The van der Waals surface area contributed by atoms with Gasteiger partial charge in [-0.1, -0.05) is 42.5 Å². The molecule has 0 unspecified atom stereocenters. The van der Waals surface area contributed by atoms with Gasteiger partial charge in [0.1, 0.15) is 11.4 Å². The Kier molecular flexibility index (Phi) is 6.63. The van der Waals surface area contributed by atoms with Gasteiger partial charge in [0.15, 0.2) is 12.4 Å². The maximum Gasteiger partial charge on any atom is 0.238 e. The lowest BCUT2D eigenvalue weighted by Crippen LogP contribution is -2.33. The van der Waals surface area contributed by atoms with Gasteiger partial charge in [0.25, 0.3) is 0 Å². The molecule has 186 valence electrons. The van der Waals surface area contributed by atoms with Gasteiger partial charge in [-0.05, 0) is 42.0 Å². The Morgan fingerprint density at radius 3 is 2.36 bits per heavy atom. The minimum absolute atomic E-state index is 0.0154. The van der Waals surface area contributed by atoms with E-state index in [1.54, 1.807) is 12.1 Å². The molecule has 0 atom stereocenters. The number of aromatic nitrogens is 1. The third-order valence-corrected chi connectivity index (χ3v) is 7.15. The maximum absolute atomic E-state index is 11.6. The van der Waals surface area contributed by atoms with E-state index < -0.39 is 15.6 Å². The largest absolute Gasteiger partial charge is 0.484 e. The molecule has 0 saturated carbocycles. The van der Waals surface area contributed by atoms with Crippen molar-refractivity contribution in [2.24, 2.45) is 5.14 Å². The van der Waals surface area contributed by atoms with Crippen molar-refractivity contribution in [3.05, 3.63) is 90.3 Å². The van der Waals surface area contributed by atoms with Crippen molar-refractivity contribution in [1.82, 2.24) is 4.98 Å². The minimum atomic E-state index is -3.81. The van der Waals surface area contributed by atoms with Crippen LogP contribution >= 0.6 is 0 Å². The maximum atomic E-state index is 11.6. The van der Waals surface area contributed by atoms with Crippen LogP contribution in [-0.4, -0.2) is 31.7 Å². The quantitative estimate of drug-likeness (QED) is 0.384. The van der Waals surface area contributed by atoms with Crippen molar-refractivity contribution in [2.45, 2.75) is 29.9 Å². The molecule has 1 aromatic heterocycles. The van der Waals surface area contributed by atoms with E-state index in [0.29, 0.717) is 54.7 Å². The first kappa shape index (κ1) is 24.2. The van der Waals surface area contributed by atoms with Gasteiger partial charge in [0.2, 0.25) is 15.9 Å². The lowest BCUT2D eigenvalue weighted by molar-refractivity contribution is -0.0680. The van der Waals surface area contributed by atoms with Crippen molar-refractivity contribution >= 4 is 10.0 Å². The molecule has 0 aliphatic carbocycles. The second-order valence-electron chi connectivity index (χ2n) is 8.68. The number of nitrogens with zero attached hydrogens (tertiary/aromatic N) is 1. The minimum Gasteiger partial charge on any atom is -0.484 e. The number of primary sulfonamides is 1. The zero-order valence-corrected chi connectivity index (χ0v) is 20.3. The summed E-state index contributed by atoms with van der Waals surface area (Å²) in [4.78, 5) is 4.68. The van der Waals surface area contributed by atoms with Crippen LogP contribution in [0.25, 0.3) is 22.6 Å². The van der Waals surface area contributed by atoms with Crippen molar-refractivity contribution in [3.8, 4) is 28.3 Å². The fourth-order valence-corrected chi connectivity index (χ4v) is 4.74. The van der Waals surface area contributed by atoms with Gasteiger partial charge in [-0.15, -0.1) is 0 Å². The highest BCUT2D eigenvalue weighted by Crippen LogP contribution is 2.35. The molecule has 9 heteroatoms. The highest BCUT2D eigenvalue weighted by molar-refractivity contribution is 7.89. The number of aliphatic hydroxyl groups is 1. The van der Waals surface area contributed by atoms with E-state index in [0.717, 1.165) is 11.1 Å². The predicted molar refractivity (Wildman–Crippen MR) is 133 cm³/mol. The SMILES string of the molecule is NS(=O)(=O)c1ccc(-c2oc(COc3cccc(C4(O)CCOCC4)c3)nc2-c2ccccc2)cc1. The number of nitrogens with two attached hydrogens (primary N) is 1. The third-order valence-electron chi connectivity index (χ3n) is 6.22. The van der Waals surface area contributed by atoms with Crippen LogP contribution in [0.3, 0.4) is 0 Å². The highest BCUT2D eigenvalue weighted by atomic mass is 32.2. The van der Waals surface area contributed by atoms with E-state index in [-0.39, 0.29) is 11.5 Å². The molecule has 0 spiro atoms. The summed E-state index contributed by atoms with van der Waals surface area (Å²) in [6, 6.07) is 23.1. The average molecular weight is 507 g/mol. The monoisotopic (exact) mass is 506 g/mol. The molecule has 3 N–H and O–H groups in total. The zero-order chi connectivity index (χ0) is 25.2. The molecule has 1 aliphatic rings. The highest BCUT2D eigenvalue weighted by Gasteiger charge is 2.32. The van der Waals surface area contributed by atoms with Gasteiger partial charge in [-0.2, -0.15) is 0 Å². The van der Waals surface area contributed by atoms with Gasteiger partial charge in [0, 0.05) is 37.2 Å². The van der Waals surface area contributed by atoms with E-state index in [2.05, 4.69) is 4.98 Å². The molecular weight excluding hydrogens is 480 g/mol. The number of hydrogen-bond donors (Lipinski definition) is 2. The summed E-state index contributed by atoms with van der Waals surface area (Å²) < 4.78 is 40.7. The average Bonchev–Trinajstić information content (AvgIpc) is 3.33. The van der Waals surface area contributed by atoms with Crippen LogP contribution in [0.2, 0.25) is 0 Å². The van der Waals surface area contributed by atoms with Crippen molar-refractivity contribution in [3.63, 3.8) is 0 Å². The Morgan fingerprint density at radius 1 is 0.944 bits per heavy atom. The molecule has 0 radical (unpaired) electrons. The predicted octanol–water partition coefficient (Wildman–Crippen LogP) is 4.23. The molecule has 1 fully saturated rings. The third kappa shape index (κ3) is 5.19. The second kappa shape index (κ2) is 9.87. The van der Waals surface area contributed by atoms with E-state index >= 15 is 0 Å². The Balaban J connectivity index is 1.42. The number of hydrogen-bond acceptors (Lipinski definition) is 7. The summed E-state index contributed by atoms with van der Waals surface area (Å²) in [5, 5.41) is 16.2. The fraction of sp³-hybridized carbons (Fsp3) is 0.222. The summed E-state index contributed by atoms with van der Waals surface area (Å²) in [6.07, 6.45) is 1.06. The molecule has 0 amide bonds. The lowest BCUT2D eigenvalue weighted by atomic mass is 9.86. The Hall–Kier alpha value is -3.50. The first-order valence-electron chi connectivity index (χ1n) is 11.5. The number of oxazole rings is 1. The van der Waals surface area contributed by atoms with Crippen LogP contribution in [0, 0.1) is 0 Å².